The molecule has 0 saturated heterocycles. The summed E-state index contributed by atoms with van der Waals surface area (Å²) in [7, 11) is 0. The van der Waals surface area contributed by atoms with E-state index in [-0.39, 0.29) is 23.9 Å². The third-order valence-corrected chi connectivity index (χ3v) is 4.96. The first-order valence-electron chi connectivity index (χ1n) is 9.28. The van der Waals surface area contributed by atoms with Gasteiger partial charge >= 0.3 is 0 Å². The summed E-state index contributed by atoms with van der Waals surface area (Å²) in [6.45, 7) is 3.95. The van der Waals surface area contributed by atoms with Crippen LogP contribution in [-0.4, -0.2) is 23.9 Å². The Bertz CT molecular complexity index is 733. The van der Waals surface area contributed by atoms with Crippen molar-refractivity contribution < 1.29 is 9.59 Å². The summed E-state index contributed by atoms with van der Waals surface area (Å²) in [5.74, 6) is -0.147. The van der Waals surface area contributed by atoms with E-state index in [0.717, 1.165) is 36.8 Å². The van der Waals surface area contributed by atoms with Crippen LogP contribution in [-0.2, 0) is 0 Å². The van der Waals surface area contributed by atoms with E-state index < -0.39 is 0 Å². The van der Waals surface area contributed by atoms with E-state index in [1.165, 1.54) is 0 Å². The Hall–Kier alpha value is -2.62. The van der Waals surface area contributed by atoms with Crippen LogP contribution in [0.1, 0.15) is 57.5 Å². The highest BCUT2D eigenvalue weighted by Gasteiger charge is 2.28. The summed E-state index contributed by atoms with van der Waals surface area (Å²) in [6, 6.07) is 15.1. The Morgan fingerprint density at radius 1 is 0.769 bits per heavy atom. The molecule has 2 atom stereocenters. The monoisotopic (exact) mass is 350 g/mol. The maximum absolute atomic E-state index is 12.6. The molecule has 4 nitrogen and oxygen atoms in total. The lowest BCUT2D eigenvalue weighted by molar-refractivity contribution is 0.0862. The maximum atomic E-state index is 12.6. The van der Waals surface area contributed by atoms with Gasteiger partial charge in [-0.15, -0.1) is 0 Å². The molecular formula is C22H26N2O2. The van der Waals surface area contributed by atoms with Gasteiger partial charge in [-0.2, -0.15) is 0 Å². The lowest BCUT2D eigenvalue weighted by Crippen LogP contribution is -2.53. The second-order valence-electron chi connectivity index (χ2n) is 7.18. The highest BCUT2D eigenvalue weighted by molar-refractivity contribution is 5.95. The zero-order valence-electron chi connectivity index (χ0n) is 15.4. The van der Waals surface area contributed by atoms with Crippen LogP contribution in [0, 0.1) is 13.8 Å². The minimum absolute atomic E-state index is 0.0366. The number of amides is 2. The molecule has 0 unspecified atom stereocenters. The van der Waals surface area contributed by atoms with Gasteiger partial charge in [-0.25, -0.2) is 0 Å². The summed E-state index contributed by atoms with van der Waals surface area (Å²) < 4.78 is 0. The van der Waals surface area contributed by atoms with Gasteiger partial charge < -0.3 is 10.6 Å². The predicted molar refractivity (Wildman–Crippen MR) is 103 cm³/mol. The Kier molecular flexibility index (Phi) is 5.71. The van der Waals surface area contributed by atoms with Crippen molar-refractivity contribution in [3.8, 4) is 0 Å². The molecule has 0 bridgehead atoms. The first kappa shape index (κ1) is 18.2. The van der Waals surface area contributed by atoms with Gasteiger partial charge in [0.25, 0.3) is 11.8 Å². The second kappa shape index (κ2) is 8.17. The molecule has 0 radical (unpaired) electrons. The predicted octanol–water partition coefficient (Wildman–Crippen LogP) is 3.77. The minimum atomic E-state index is -0.0737. The van der Waals surface area contributed by atoms with Gasteiger partial charge in [0.05, 0.1) is 0 Å². The number of benzene rings is 2. The number of hydrogen-bond acceptors (Lipinski definition) is 2. The van der Waals surface area contributed by atoms with Crippen LogP contribution in [0.3, 0.4) is 0 Å². The number of carbonyl (C=O) groups excluding carboxylic acids is 2. The number of aryl methyl sites for hydroxylation is 2. The Morgan fingerprint density at radius 2 is 1.19 bits per heavy atom. The van der Waals surface area contributed by atoms with Crippen LogP contribution >= 0.6 is 0 Å². The summed E-state index contributed by atoms with van der Waals surface area (Å²) in [5.41, 5.74) is 3.45. The van der Waals surface area contributed by atoms with Crippen molar-refractivity contribution in [2.24, 2.45) is 0 Å². The molecule has 0 spiro atoms. The van der Waals surface area contributed by atoms with Gasteiger partial charge in [0.15, 0.2) is 0 Å². The van der Waals surface area contributed by atoms with Crippen LogP contribution < -0.4 is 10.6 Å². The summed E-state index contributed by atoms with van der Waals surface area (Å²) in [6.07, 6.45) is 3.90. The SMILES string of the molecule is Cc1cccc(C(=O)N[C@H]2CCCC[C@@H]2NC(=O)c2cccc(C)c2)c1. The lowest BCUT2D eigenvalue weighted by atomic mass is 9.89. The van der Waals surface area contributed by atoms with Crippen LogP contribution in [0.2, 0.25) is 0 Å². The highest BCUT2D eigenvalue weighted by Crippen LogP contribution is 2.20. The zero-order chi connectivity index (χ0) is 18.5. The first-order chi connectivity index (χ1) is 12.5. The fraction of sp³-hybridized carbons (Fsp3) is 0.364. The fourth-order valence-corrected chi connectivity index (χ4v) is 3.55. The molecule has 0 aliphatic heterocycles. The van der Waals surface area contributed by atoms with E-state index in [4.69, 9.17) is 0 Å². The molecule has 0 heterocycles. The lowest BCUT2D eigenvalue weighted by Gasteiger charge is -2.33. The Labute approximate surface area is 155 Å². The molecule has 1 fully saturated rings. The third-order valence-electron chi connectivity index (χ3n) is 4.96. The van der Waals surface area contributed by atoms with Crippen molar-refractivity contribution in [3.63, 3.8) is 0 Å². The van der Waals surface area contributed by atoms with Crippen molar-refractivity contribution >= 4 is 11.8 Å². The fourth-order valence-electron chi connectivity index (χ4n) is 3.55. The number of rotatable bonds is 4. The van der Waals surface area contributed by atoms with Crippen molar-refractivity contribution in [1.82, 2.24) is 10.6 Å². The third kappa shape index (κ3) is 4.51. The molecule has 1 saturated carbocycles. The number of nitrogens with one attached hydrogen (secondary N) is 2. The molecule has 136 valence electrons. The van der Waals surface area contributed by atoms with E-state index in [0.29, 0.717) is 11.1 Å². The van der Waals surface area contributed by atoms with Crippen LogP contribution in [0.15, 0.2) is 48.5 Å². The van der Waals surface area contributed by atoms with Crippen LogP contribution in [0.4, 0.5) is 0 Å². The molecule has 2 N–H and O–H groups in total. The largest absolute Gasteiger partial charge is 0.347 e. The molecule has 1 aliphatic carbocycles. The van der Waals surface area contributed by atoms with E-state index in [1.807, 2.05) is 62.4 Å². The van der Waals surface area contributed by atoms with E-state index >= 15 is 0 Å². The van der Waals surface area contributed by atoms with Crippen LogP contribution in [0.5, 0.6) is 0 Å². The van der Waals surface area contributed by atoms with Gasteiger partial charge in [-0.05, 0) is 51.0 Å². The highest BCUT2D eigenvalue weighted by atomic mass is 16.2. The first-order valence-corrected chi connectivity index (χ1v) is 9.28. The summed E-state index contributed by atoms with van der Waals surface area (Å²) >= 11 is 0. The van der Waals surface area contributed by atoms with E-state index in [2.05, 4.69) is 10.6 Å². The summed E-state index contributed by atoms with van der Waals surface area (Å²) in [5, 5.41) is 6.25. The molecule has 0 aromatic heterocycles. The average Bonchev–Trinajstić information content (AvgIpc) is 2.63. The Balaban J connectivity index is 1.67. The van der Waals surface area contributed by atoms with Crippen molar-refractivity contribution in [1.29, 1.82) is 0 Å². The molecular weight excluding hydrogens is 324 g/mol. The second-order valence-corrected chi connectivity index (χ2v) is 7.18. The maximum Gasteiger partial charge on any atom is 0.251 e. The van der Waals surface area contributed by atoms with E-state index in [9.17, 15) is 9.59 Å². The zero-order valence-corrected chi connectivity index (χ0v) is 15.4. The standard InChI is InChI=1S/C22H26N2O2/c1-15-7-5-9-17(13-15)21(25)23-19-11-3-4-12-20(19)24-22(26)18-10-6-8-16(2)14-18/h5-10,13-14,19-20H,3-4,11-12H2,1-2H3,(H,23,25)(H,24,26)/t19-,20-/m0/s1. The smallest absolute Gasteiger partial charge is 0.251 e. The molecule has 26 heavy (non-hydrogen) atoms. The van der Waals surface area contributed by atoms with Crippen LogP contribution in [0.25, 0.3) is 0 Å². The number of carbonyl (C=O) groups is 2. The number of hydrogen-bond donors (Lipinski definition) is 2. The van der Waals surface area contributed by atoms with Gasteiger partial charge in [0.1, 0.15) is 0 Å². The normalized spacial score (nSPS) is 19.6. The summed E-state index contributed by atoms with van der Waals surface area (Å²) in [4.78, 5) is 25.2. The molecule has 4 heteroatoms. The van der Waals surface area contributed by atoms with Crippen molar-refractivity contribution in [2.45, 2.75) is 51.6 Å². The van der Waals surface area contributed by atoms with Crippen molar-refractivity contribution in [3.05, 3.63) is 70.8 Å². The molecule has 2 aromatic rings. The van der Waals surface area contributed by atoms with Gasteiger partial charge in [-0.1, -0.05) is 48.2 Å². The van der Waals surface area contributed by atoms with Gasteiger partial charge in [0.2, 0.25) is 0 Å². The van der Waals surface area contributed by atoms with Gasteiger partial charge in [0, 0.05) is 23.2 Å². The van der Waals surface area contributed by atoms with E-state index in [1.54, 1.807) is 0 Å². The minimum Gasteiger partial charge on any atom is -0.347 e. The molecule has 2 amide bonds. The van der Waals surface area contributed by atoms with Gasteiger partial charge in [-0.3, -0.25) is 9.59 Å². The quantitative estimate of drug-likeness (QED) is 0.882. The topological polar surface area (TPSA) is 58.2 Å². The molecule has 3 rings (SSSR count). The Morgan fingerprint density at radius 3 is 1.58 bits per heavy atom. The average molecular weight is 350 g/mol. The van der Waals surface area contributed by atoms with Crippen molar-refractivity contribution in [2.75, 3.05) is 0 Å². The molecule has 2 aromatic carbocycles. The molecule has 1 aliphatic rings.